The van der Waals surface area contributed by atoms with Crippen LogP contribution in [0.2, 0.25) is 0 Å². The molecule has 2 N–H and O–H groups in total. The van der Waals surface area contributed by atoms with Gasteiger partial charge >= 0.3 is 0 Å². The molecule has 0 radical (unpaired) electrons. The summed E-state index contributed by atoms with van der Waals surface area (Å²) < 4.78 is 11.1. The molecule has 0 spiro atoms. The first kappa shape index (κ1) is 19.6. The average Bonchev–Trinajstić information content (AvgIpc) is 2.52. The number of hydrogen-bond acceptors (Lipinski definition) is 4. The summed E-state index contributed by atoms with van der Waals surface area (Å²) in [7, 11) is 1.59. The average molecular weight is 343 g/mol. The van der Waals surface area contributed by atoms with Crippen molar-refractivity contribution in [2.75, 3.05) is 26.8 Å². The molecule has 1 atom stereocenters. The number of carbonyl (C=O) groups excluding carboxylic acids is 1. The fourth-order valence-corrected chi connectivity index (χ4v) is 2.55. The molecule has 1 fully saturated rings. The van der Waals surface area contributed by atoms with Gasteiger partial charge in [0.05, 0.1) is 13.7 Å². The summed E-state index contributed by atoms with van der Waals surface area (Å²) in [4.78, 5) is 14.4. The summed E-state index contributed by atoms with van der Waals surface area (Å²) in [6.07, 6.45) is 1.94. The maximum absolute atomic E-state index is 12.6. The van der Waals surface area contributed by atoms with E-state index in [2.05, 4.69) is 13.8 Å². The number of likely N-dealkylation sites (tertiary alicyclic amines) is 1. The van der Waals surface area contributed by atoms with Crippen molar-refractivity contribution in [3.05, 3.63) is 23.8 Å². The number of nitrogens with zero attached hydrogens (tertiary/aromatic N) is 1. The van der Waals surface area contributed by atoms with Gasteiger partial charge in [-0.1, -0.05) is 13.8 Å². The highest BCUT2D eigenvalue weighted by atomic mass is 35.5. The minimum Gasteiger partial charge on any atom is -0.493 e. The number of piperidine rings is 1. The van der Waals surface area contributed by atoms with E-state index in [1.807, 2.05) is 4.90 Å². The van der Waals surface area contributed by atoms with E-state index in [-0.39, 0.29) is 24.4 Å². The maximum atomic E-state index is 12.6. The number of carbonyl (C=O) groups is 1. The molecule has 5 nitrogen and oxygen atoms in total. The van der Waals surface area contributed by atoms with Gasteiger partial charge in [0.15, 0.2) is 11.5 Å². The van der Waals surface area contributed by atoms with Gasteiger partial charge in [0, 0.05) is 24.7 Å². The zero-order chi connectivity index (χ0) is 16.1. The van der Waals surface area contributed by atoms with Crippen LogP contribution in [0.4, 0.5) is 0 Å². The van der Waals surface area contributed by atoms with Crippen LogP contribution in [0.1, 0.15) is 37.0 Å². The number of benzene rings is 1. The molecule has 1 aromatic rings. The van der Waals surface area contributed by atoms with E-state index in [1.54, 1.807) is 25.3 Å². The number of ether oxygens (including phenoxy) is 2. The van der Waals surface area contributed by atoms with Crippen LogP contribution in [0.15, 0.2) is 18.2 Å². The number of hydrogen-bond donors (Lipinski definition) is 1. The van der Waals surface area contributed by atoms with Crippen molar-refractivity contribution >= 4 is 18.3 Å². The molecule has 1 aliphatic rings. The van der Waals surface area contributed by atoms with E-state index in [1.165, 1.54) is 0 Å². The lowest BCUT2D eigenvalue weighted by atomic mass is 10.1. The van der Waals surface area contributed by atoms with Crippen molar-refractivity contribution in [1.29, 1.82) is 0 Å². The van der Waals surface area contributed by atoms with Gasteiger partial charge in [-0.15, -0.1) is 12.4 Å². The second-order valence-electron chi connectivity index (χ2n) is 6.22. The van der Waals surface area contributed by atoms with Crippen molar-refractivity contribution < 1.29 is 14.3 Å². The standard InChI is InChI=1S/C17H26N2O3.ClH/c1-12(2)11-22-15-7-6-13(9-16(15)21-3)17(20)19-8-4-5-14(18)10-19;/h6-7,9,12,14H,4-5,8,10-11,18H2,1-3H3;1H. The highest BCUT2D eigenvalue weighted by molar-refractivity contribution is 5.95. The lowest BCUT2D eigenvalue weighted by Crippen LogP contribution is -2.45. The van der Waals surface area contributed by atoms with E-state index in [4.69, 9.17) is 15.2 Å². The molecule has 1 aromatic carbocycles. The second-order valence-corrected chi connectivity index (χ2v) is 6.22. The van der Waals surface area contributed by atoms with E-state index in [0.29, 0.717) is 36.1 Å². The van der Waals surface area contributed by atoms with Crippen molar-refractivity contribution in [2.45, 2.75) is 32.7 Å². The molecule has 1 heterocycles. The Labute approximate surface area is 144 Å². The van der Waals surface area contributed by atoms with Gasteiger partial charge in [0.2, 0.25) is 0 Å². The largest absolute Gasteiger partial charge is 0.493 e. The Morgan fingerprint density at radius 1 is 1.39 bits per heavy atom. The molecule has 0 aliphatic carbocycles. The summed E-state index contributed by atoms with van der Waals surface area (Å²) in [5, 5.41) is 0. The van der Waals surface area contributed by atoms with Gasteiger partial charge in [0.25, 0.3) is 5.91 Å². The second kappa shape index (κ2) is 8.99. The summed E-state index contributed by atoms with van der Waals surface area (Å²) in [6.45, 7) is 6.17. The monoisotopic (exact) mass is 342 g/mol. The van der Waals surface area contributed by atoms with E-state index < -0.39 is 0 Å². The van der Waals surface area contributed by atoms with Gasteiger partial charge in [0.1, 0.15) is 0 Å². The molecular weight excluding hydrogens is 316 g/mol. The minimum absolute atomic E-state index is 0. The Bertz CT molecular complexity index is 523. The molecule has 130 valence electrons. The molecule has 1 unspecified atom stereocenters. The summed E-state index contributed by atoms with van der Waals surface area (Å²) in [6, 6.07) is 5.42. The molecule has 0 aromatic heterocycles. The molecule has 1 aliphatic heterocycles. The topological polar surface area (TPSA) is 64.8 Å². The minimum atomic E-state index is 0. The van der Waals surface area contributed by atoms with Crippen molar-refractivity contribution in [1.82, 2.24) is 4.90 Å². The Balaban J connectivity index is 0.00000264. The number of amides is 1. The fourth-order valence-electron chi connectivity index (χ4n) is 2.55. The first-order chi connectivity index (χ1) is 10.5. The zero-order valence-corrected chi connectivity index (χ0v) is 14.9. The SMILES string of the molecule is COc1cc(C(=O)N2CCCC(N)C2)ccc1OCC(C)C.Cl. The molecular formula is C17H27ClN2O3. The van der Waals surface area contributed by atoms with Crippen LogP contribution in [0.25, 0.3) is 0 Å². The molecule has 1 amide bonds. The van der Waals surface area contributed by atoms with Gasteiger partial charge in [-0.25, -0.2) is 0 Å². The van der Waals surface area contributed by atoms with Crippen molar-refractivity contribution in [3.63, 3.8) is 0 Å². The summed E-state index contributed by atoms with van der Waals surface area (Å²) >= 11 is 0. The maximum Gasteiger partial charge on any atom is 0.254 e. The van der Waals surface area contributed by atoms with Crippen LogP contribution in [0.3, 0.4) is 0 Å². The smallest absolute Gasteiger partial charge is 0.254 e. The first-order valence-electron chi connectivity index (χ1n) is 7.87. The lowest BCUT2D eigenvalue weighted by molar-refractivity contribution is 0.0708. The number of rotatable bonds is 5. The number of halogens is 1. The Morgan fingerprint density at radius 3 is 2.74 bits per heavy atom. The molecule has 0 bridgehead atoms. The predicted molar refractivity (Wildman–Crippen MR) is 93.7 cm³/mol. The lowest BCUT2D eigenvalue weighted by Gasteiger charge is -2.31. The fraction of sp³-hybridized carbons (Fsp3) is 0.588. The van der Waals surface area contributed by atoms with Crippen LogP contribution in [0, 0.1) is 5.92 Å². The predicted octanol–water partition coefficient (Wildman–Crippen LogP) is 2.72. The third-order valence-electron chi connectivity index (χ3n) is 3.73. The van der Waals surface area contributed by atoms with E-state index >= 15 is 0 Å². The van der Waals surface area contributed by atoms with Gasteiger partial charge in [-0.3, -0.25) is 4.79 Å². The Morgan fingerprint density at radius 2 is 2.13 bits per heavy atom. The first-order valence-corrected chi connectivity index (χ1v) is 7.87. The molecule has 6 heteroatoms. The van der Waals surface area contributed by atoms with E-state index in [9.17, 15) is 4.79 Å². The van der Waals surface area contributed by atoms with Gasteiger partial charge < -0.3 is 20.1 Å². The Kier molecular flexibility index (Phi) is 7.65. The normalized spacial score (nSPS) is 17.6. The third-order valence-corrected chi connectivity index (χ3v) is 3.73. The van der Waals surface area contributed by atoms with Crippen LogP contribution in [-0.2, 0) is 0 Å². The van der Waals surface area contributed by atoms with Crippen molar-refractivity contribution in [2.24, 2.45) is 11.7 Å². The van der Waals surface area contributed by atoms with Crippen LogP contribution in [-0.4, -0.2) is 43.7 Å². The Hall–Kier alpha value is -1.46. The van der Waals surface area contributed by atoms with Gasteiger partial charge in [-0.05, 0) is 37.0 Å². The highest BCUT2D eigenvalue weighted by Gasteiger charge is 2.23. The number of methoxy groups -OCH3 is 1. The van der Waals surface area contributed by atoms with Crippen molar-refractivity contribution in [3.8, 4) is 11.5 Å². The van der Waals surface area contributed by atoms with Crippen LogP contribution >= 0.6 is 12.4 Å². The third kappa shape index (κ3) is 5.29. The molecule has 2 rings (SSSR count). The zero-order valence-electron chi connectivity index (χ0n) is 14.1. The van der Waals surface area contributed by atoms with E-state index in [0.717, 1.165) is 19.4 Å². The summed E-state index contributed by atoms with van der Waals surface area (Å²) in [5.41, 5.74) is 6.56. The van der Waals surface area contributed by atoms with Crippen LogP contribution < -0.4 is 15.2 Å². The molecule has 1 saturated heterocycles. The quantitative estimate of drug-likeness (QED) is 0.893. The van der Waals surface area contributed by atoms with Crippen LogP contribution in [0.5, 0.6) is 11.5 Å². The van der Waals surface area contributed by atoms with Gasteiger partial charge in [-0.2, -0.15) is 0 Å². The summed E-state index contributed by atoms with van der Waals surface area (Å²) in [5.74, 6) is 1.70. The highest BCUT2D eigenvalue weighted by Crippen LogP contribution is 2.29. The molecule has 0 saturated carbocycles. The molecule has 23 heavy (non-hydrogen) atoms. The number of nitrogens with two attached hydrogens (primary N) is 1.